The highest BCUT2D eigenvalue weighted by molar-refractivity contribution is 9.10. The average molecular weight is 418 g/mol. The van der Waals surface area contributed by atoms with E-state index in [-0.39, 0.29) is 18.4 Å². The third kappa shape index (κ3) is 4.39. The van der Waals surface area contributed by atoms with E-state index in [0.29, 0.717) is 5.02 Å². The Hall–Kier alpha value is -1.91. The highest BCUT2D eigenvalue weighted by Gasteiger charge is 2.14. The van der Waals surface area contributed by atoms with Crippen LogP contribution in [0.5, 0.6) is 0 Å². The van der Waals surface area contributed by atoms with E-state index in [9.17, 15) is 4.79 Å². The lowest BCUT2D eigenvalue weighted by Crippen LogP contribution is -2.31. The second-order valence-corrected chi connectivity index (χ2v) is 7.59. The predicted molar refractivity (Wildman–Crippen MR) is 107 cm³/mol. The molecule has 0 aliphatic heterocycles. The number of halogens is 2. The SMILES string of the molecule is CC(C)NC(=O)Cc1cc2cc(Br)ccc2nc1-c1cccc(Cl)c1. The fourth-order valence-electron chi connectivity index (χ4n) is 2.76. The van der Waals surface area contributed by atoms with Crippen LogP contribution in [0.25, 0.3) is 22.2 Å². The summed E-state index contributed by atoms with van der Waals surface area (Å²) in [6, 6.07) is 15.6. The van der Waals surface area contributed by atoms with Crippen molar-refractivity contribution in [2.24, 2.45) is 0 Å². The van der Waals surface area contributed by atoms with Crippen molar-refractivity contribution >= 4 is 44.3 Å². The van der Waals surface area contributed by atoms with E-state index in [2.05, 4.69) is 21.2 Å². The van der Waals surface area contributed by atoms with Crippen molar-refractivity contribution in [3.63, 3.8) is 0 Å². The van der Waals surface area contributed by atoms with Gasteiger partial charge < -0.3 is 5.32 Å². The number of nitrogens with one attached hydrogen (secondary N) is 1. The predicted octanol–water partition coefficient (Wildman–Crippen LogP) is 5.38. The molecular formula is C20H18BrClN2O. The molecule has 2 aromatic carbocycles. The van der Waals surface area contributed by atoms with Gasteiger partial charge >= 0.3 is 0 Å². The minimum Gasteiger partial charge on any atom is -0.354 e. The first-order valence-corrected chi connectivity index (χ1v) is 9.24. The number of amides is 1. The van der Waals surface area contributed by atoms with Gasteiger partial charge in [-0.25, -0.2) is 4.98 Å². The van der Waals surface area contributed by atoms with Crippen molar-refractivity contribution in [3.05, 3.63) is 63.6 Å². The Bertz CT molecular complexity index is 940. The van der Waals surface area contributed by atoms with E-state index >= 15 is 0 Å². The monoisotopic (exact) mass is 416 g/mol. The van der Waals surface area contributed by atoms with Crippen LogP contribution in [0.2, 0.25) is 5.02 Å². The van der Waals surface area contributed by atoms with Crippen molar-refractivity contribution in [1.82, 2.24) is 10.3 Å². The summed E-state index contributed by atoms with van der Waals surface area (Å²) in [7, 11) is 0. The number of pyridine rings is 1. The Morgan fingerprint density at radius 3 is 2.72 bits per heavy atom. The van der Waals surface area contributed by atoms with Crippen LogP contribution in [0, 0.1) is 0 Å². The largest absolute Gasteiger partial charge is 0.354 e. The van der Waals surface area contributed by atoms with Crippen LogP contribution in [0.15, 0.2) is 53.0 Å². The Balaban J connectivity index is 2.13. The van der Waals surface area contributed by atoms with Crippen molar-refractivity contribution in [1.29, 1.82) is 0 Å². The van der Waals surface area contributed by atoms with Gasteiger partial charge in [-0.1, -0.05) is 39.7 Å². The second kappa shape index (κ2) is 7.54. The summed E-state index contributed by atoms with van der Waals surface area (Å²) in [5.74, 6) is -0.0191. The molecule has 0 spiro atoms. The molecule has 0 atom stereocenters. The molecule has 0 fully saturated rings. The lowest BCUT2D eigenvalue weighted by Gasteiger charge is -2.13. The first-order valence-electron chi connectivity index (χ1n) is 8.07. The summed E-state index contributed by atoms with van der Waals surface area (Å²) in [4.78, 5) is 17.1. The lowest BCUT2D eigenvalue weighted by molar-refractivity contribution is -0.120. The topological polar surface area (TPSA) is 42.0 Å². The van der Waals surface area contributed by atoms with Gasteiger partial charge in [0.25, 0.3) is 0 Å². The fraction of sp³-hybridized carbons (Fsp3) is 0.200. The molecule has 3 rings (SSSR count). The third-order valence-corrected chi connectivity index (χ3v) is 4.48. The number of nitrogens with zero attached hydrogens (tertiary/aromatic N) is 1. The summed E-state index contributed by atoms with van der Waals surface area (Å²) < 4.78 is 0.981. The minimum absolute atomic E-state index is 0.0191. The zero-order chi connectivity index (χ0) is 18.0. The number of carbonyl (C=O) groups excluding carboxylic acids is 1. The molecule has 1 aromatic heterocycles. The third-order valence-electron chi connectivity index (χ3n) is 3.75. The summed E-state index contributed by atoms with van der Waals surface area (Å²) in [6.45, 7) is 3.90. The summed E-state index contributed by atoms with van der Waals surface area (Å²) in [6.07, 6.45) is 0.273. The van der Waals surface area contributed by atoms with Gasteiger partial charge in [-0.15, -0.1) is 0 Å². The molecule has 0 aliphatic rings. The Morgan fingerprint density at radius 2 is 2.00 bits per heavy atom. The molecule has 5 heteroatoms. The fourth-order valence-corrected chi connectivity index (χ4v) is 3.33. The molecule has 0 aliphatic carbocycles. The number of hydrogen-bond donors (Lipinski definition) is 1. The summed E-state index contributed by atoms with van der Waals surface area (Å²) in [5, 5.41) is 4.58. The Labute approximate surface area is 160 Å². The van der Waals surface area contributed by atoms with Gasteiger partial charge in [0.2, 0.25) is 5.91 Å². The molecule has 3 aromatic rings. The van der Waals surface area contributed by atoms with Gasteiger partial charge in [0.1, 0.15) is 0 Å². The normalized spacial score (nSPS) is 11.1. The molecule has 0 bridgehead atoms. The number of benzene rings is 2. The van der Waals surface area contributed by atoms with Crippen molar-refractivity contribution in [2.75, 3.05) is 0 Å². The minimum atomic E-state index is -0.0191. The second-order valence-electron chi connectivity index (χ2n) is 6.24. The van der Waals surface area contributed by atoms with Crippen LogP contribution < -0.4 is 5.32 Å². The van der Waals surface area contributed by atoms with E-state index in [1.54, 1.807) is 0 Å². The molecule has 0 radical (unpaired) electrons. The van der Waals surface area contributed by atoms with Gasteiger partial charge in [0.15, 0.2) is 0 Å². The van der Waals surface area contributed by atoms with Crippen LogP contribution in [0.3, 0.4) is 0 Å². The molecule has 0 saturated carbocycles. The van der Waals surface area contributed by atoms with Crippen molar-refractivity contribution in [2.45, 2.75) is 26.3 Å². The van der Waals surface area contributed by atoms with Crippen LogP contribution in [0.4, 0.5) is 0 Å². The molecule has 25 heavy (non-hydrogen) atoms. The molecule has 128 valence electrons. The molecule has 1 amide bonds. The van der Waals surface area contributed by atoms with Gasteiger partial charge in [-0.2, -0.15) is 0 Å². The van der Waals surface area contributed by atoms with Crippen LogP contribution in [0.1, 0.15) is 19.4 Å². The van der Waals surface area contributed by atoms with E-state index in [0.717, 1.165) is 32.2 Å². The number of rotatable bonds is 4. The number of aromatic nitrogens is 1. The highest BCUT2D eigenvalue weighted by Crippen LogP contribution is 2.29. The first kappa shape index (κ1) is 17.9. The zero-order valence-corrected chi connectivity index (χ0v) is 16.4. The number of hydrogen-bond acceptors (Lipinski definition) is 2. The van der Waals surface area contributed by atoms with Crippen molar-refractivity contribution < 1.29 is 4.79 Å². The quantitative estimate of drug-likeness (QED) is 0.619. The Morgan fingerprint density at radius 1 is 1.20 bits per heavy atom. The van der Waals surface area contributed by atoms with E-state index in [4.69, 9.17) is 16.6 Å². The molecule has 0 unspecified atom stereocenters. The van der Waals surface area contributed by atoms with Crippen LogP contribution in [-0.4, -0.2) is 16.9 Å². The maximum absolute atomic E-state index is 12.3. The van der Waals surface area contributed by atoms with E-state index < -0.39 is 0 Å². The molecule has 3 nitrogen and oxygen atoms in total. The molecule has 0 saturated heterocycles. The smallest absolute Gasteiger partial charge is 0.224 e. The summed E-state index contributed by atoms with van der Waals surface area (Å²) >= 11 is 9.64. The number of carbonyl (C=O) groups is 1. The number of fused-ring (bicyclic) bond motifs is 1. The van der Waals surface area contributed by atoms with Crippen LogP contribution in [-0.2, 0) is 11.2 Å². The molecule has 1 heterocycles. The van der Waals surface area contributed by atoms with Crippen LogP contribution >= 0.6 is 27.5 Å². The maximum Gasteiger partial charge on any atom is 0.224 e. The Kier molecular flexibility index (Phi) is 5.40. The lowest BCUT2D eigenvalue weighted by atomic mass is 10.0. The first-order chi connectivity index (χ1) is 11.9. The molecular weight excluding hydrogens is 400 g/mol. The molecule has 1 N–H and O–H groups in total. The van der Waals surface area contributed by atoms with E-state index in [1.807, 2.05) is 62.4 Å². The van der Waals surface area contributed by atoms with E-state index in [1.165, 1.54) is 0 Å². The van der Waals surface area contributed by atoms with Gasteiger partial charge in [0.05, 0.1) is 17.6 Å². The summed E-state index contributed by atoms with van der Waals surface area (Å²) in [5.41, 5.74) is 3.46. The van der Waals surface area contributed by atoms with Crippen molar-refractivity contribution in [3.8, 4) is 11.3 Å². The highest BCUT2D eigenvalue weighted by atomic mass is 79.9. The van der Waals surface area contributed by atoms with Gasteiger partial charge in [-0.05, 0) is 55.8 Å². The van der Waals surface area contributed by atoms with Gasteiger partial charge in [-0.3, -0.25) is 4.79 Å². The standard InChI is InChI=1S/C20H18BrClN2O/c1-12(2)23-19(25)11-15-8-14-9-16(21)6-7-18(14)24-20(15)13-4-3-5-17(22)10-13/h3-10,12H,11H2,1-2H3,(H,23,25). The average Bonchev–Trinajstić information content (AvgIpc) is 2.53. The zero-order valence-electron chi connectivity index (χ0n) is 14.0. The van der Waals surface area contributed by atoms with Gasteiger partial charge in [0, 0.05) is 26.5 Å². The maximum atomic E-state index is 12.3.